The van der Waals surface area contributed by atoms with Crippen LogP contribution in [0.4, 0.5) is 5.69 Å². The molecule has 4 rings (SSSR count). The molecule has 32 heavy (non-hydrogen) atoms. The third-order valence-corrected chi connectivity index (χ3v) is 5.60. The minimum Gasteiger partial charge on any atom is -0.423 e. The number of amides is 1. The van der Waals surface area contributed by atoms with Crippen LogP contribution in [0.25, 0.3) is 11.0 Å². The SMILES string of the molecule is Cc1cc2oc(=O)cc(C[C@@H](C(=O)Nc3ccccc3)C(=O)c3ccccc3)c2cc1C. The van der Waals surface area contributed by atoms with Crippen LogP contribution in [0.3, 0.4) is 0 Å². The number of rotatable bonds is 6. The van der Waals surface area contributed by atoms with Gasteiger partial charge in [-0.25, -0.2) is 4.79 Å². The molecule has 4 aromatic rings. The van der Waals surface area contributed by atoms with Gasteiger partial charge in [0.1, 0.15) is 11.5 Å². The Morgan fingerprint density at radius 2 is 1.50 bits per heavy atom. The molecule has 0 radical (unpaired) electrons. The van der Waals surface area contributed by atoms with E-state index in [0.717, 1.165) is 16.5 Å². The highest BCUT2D eigenvalue weighted by Crippen LogP contribution is 2.25. The molecule has 5 heteroatoms. The van der Waals surface area contributed by atoms with Crippen molar-refractivity contribution in [3.63, 3.8) is 0 Å². The van der Waals surface area contributed by atoms with Gasteiger partial charge in [0.2, 0.25) is 5.91 Å². The number of ketones is 1. The lowest BCUT2D eigenvalue weighted by molar-refractivity contribution is -0.118. The molecule has 1 N–H and O–H groups in total. The molecule has 1 heterocycles. The van der Waals surface area contributed by atoms with Crippen LogP contribution in [0.2, 0.25) is 0 Å². The van der Waals surface area contributed by atoms with E-state index in [1.54, 1.807) is 36.4 Å². The van der Waals surface area contributed by atoms with E-state index >= 15 is 0 Å². The van der Waals surface area contributed by atoms with Crippen molar-refractivity contribution in [1.29, 1.82) is 0 Å². The quantitative estimate of drug-likeness (QED) is 0.265. The second kappa shape index (κ2) is 9.02. The van der Waals surface area contributed by atoms with Gasteiger partial charge in [-0.15, -0.1) is 0 Å². The Balaban J connectivity index is 1.77. The minimum atomic E-state index is -1.01. The predicted octanol–water partition coefficient (Wildman–Crippen LogP) is 5.09. The molecule has 1 atom stereocenters. The van der Waals surface area contributed by atoms with Gasteiger partial charge in [0.25, 0.3) is 0 Å². The number of fused-ring (bicyclic) bond motifs is 1. The van der Waals surface area contributed by atoms with Crippen LogP contribution in [0.5, 0.6) is 0 Å². The smallest absolute Gasteiger partial charge is 0.336 e. The van der Waals surface area contributed by atoms with Gasteiger partial charge in [-0.2, -0.15) is 0 Å². The number of carbonyl (C=O) groups excluding carboxylic acids is 2. The molecule has 0 fully saturated rings. The summed E-state index contributed by atoms with van der Waals surface area (Å²) < 4.78 is 5.38. The molecule has 0 unspecified atom stereocenters. The first-order chi connectivity index (χ1) is 15.4. The summed E-state index contributed by atoms with van der Waals surface area (Å²) in [5, 5.41) is 3.56. The zero-order chi connectivity index (χ0) is 22.7. The highest BCUT2D eigenvalue weighted by Gasteiger charge is 2.29. The molecule has 0 aliphatic carbocycles. The van der Waals surface area contributed by atoms with Gasteiger partial charge in [0.05, 0.1) is 0 Å². The van der Waals surface area contributed by atoms with Crippen molar-refractivity contribution >= 4 is 28.3 Å². The second-order valence-electron chi connectivity index (χ2n) is 7.87. The van der Waals surface area contributed by atoms with Crippen molar-refractivity contribution in [2.24, 2.45) is 5.92 Å². The Bertz CT molecular complexity index is 1340. The van der Waals surface area contributed by atoms with Gasteiger partial charge in [-0.1, -0.05) is 48.5 Å². The van der Waals surface area contributed by atoms with E-state index < -0.39 is 17.5 Å². The number of carbonyl (C=O) groups is 2. The van der Waals surface area contributed by atoms with E-state index in [9.17, 15) is 14.4 Å². The number of para-hydroxylation sites is 1. The van der Waals surface area contributed by atoms with Crippen LogP contribution in [0.1, 0.15) is 27.0 Å². The number of hydrogen-bond acceptors (Lipinski definition) is 4. The van der Waals surface area contributed by atoms with Gasteiger partial charge < -0.3 is 9.73 Å². The topological polar surface area (TPSA) is 76.4 Å². The van der Waals surface area contributed by atoms with Gasteiger partial charge in [0, 0.05) is 22.7 Å². The summed E-state index contributed by atoms with van der Waals surface area (Å²) in [5.41, 5.74) is 3.63. The molecule has 0 bridgehead atoms. The van der Waals surface area contributed by atoms with Crippen molar-refractivity contribution in [3.8, 4) is 0 Å². The first kappa shape index (κ1) is 21.2. The summed E-state index contributed by atoms with van der Waals surface area (Å²) in [4.78, 5) is 38.8. The fourth-order valence-corrected chi connectivity index (χ4v) is 3.73. The average molecular weight is 425 g/mol. The second-order valence-corrected chi connectivity index (χ2v) is 7.87. The summed E-state index contributed by atoms with van der Waals surface area (Å²) >= 11 is 0. The number of benzene rings is 3. The molecule has 0 aliphatic rings. The zero-order valence-electron chi connectivity index (χ0n) is 17.9. The summed E-state index contributed by atoms with van der Waals surface area (Å²) in [6.07, 6.45) is 0.0804. The van der Waals surface area contributed by atoms with E-state index in [4.69, 9.17) is 4.42 Å². The fourth-order valence-electron chi connectivity index (χ4n) is 3.73. The molecule has 3 aromatic carbocycles. The van der Waals surface area contributed by atoms with Crippen LogP contribution < -0.4 is 10.9 Å². The molecule has 0 spiro atoms. The molecular weight excluding hydrogens is 402 g/mol. The lowest BCUT2D eigenvalue weighted by atomic mass is 9.89. The molecule has 1 aromatic heterocycles. The molecule has 0 saturated heterocycles. The largest absolute Gasteiger partial charge is 0.423 e. The third kappa shape index (κ3) is 4.52. The van der Waals surface area contributed by atoms with Crippen molar-refractivity contribution in [2.45, 2.75) is 20.3 Å². The summed E-state index contributed by atoms with van der Waals surface area (Å²) in [5.74, 6) is -1.73. The Labute approximate surface area is 185 Å². The van der Waals surface area contributed by atoms with Gasteiger partial charge in [-0.3, -0.25) is 9.59 Å². The molecular formula is C27H23NO4. The van der Waals surface area contributed by atoms with Gasteiger partial charge >= 0.3 is 5.63 Å². The van der Waals surface area contributed by atoms with E-state index in [0.29, 0.717) is 22.4 Å². The summed E-state index contributed by atoms with van der Waals surface area (Å²) in [6, 6.07) is 22.8. The maximum atomic E-state index is 13.4. The van der Waals surface area contributed by atoms with Crippen LogP contribution in [-0.2, 0) is 11.2 Å². The standard InChI is InChI=1S/C27H23NO4/c1-17-13-22-20(16-25(29)32-24(22)14-18(17)2)15-23(26(30)19-9-5-3-6-10-19)27(31)28-21-11-7-4-8-12-21/h3-14,16,23H,15H2,1-2H3,(H,28,31)/t23-/m1/s1. The number of nitrogens with one attached hydrogen (secondary N) is 1. The monoisotopic (exact) mass is 425 g/mol. The molecule has 0 saturated carbocycles. The summed E-state index contributed by atoms with van der Waals surface area (Å²) in [6.45, 7) is 3.91. The van der Waals surface area contributed by atoms with Crippen molar-refractivity contribution in [3.05, 3.63) is 112 Å². The van der Waals surface area contributed by atoms with E-state index in [1.165, 1.54) is 6.07 Å². The zero-order valence-corrected chi connectivity index (χ0v) is 17.9. The van der Waals surface area contributed by atoms with Crippen molar-refractivity contribution in [1.82, 2.24) is 0 Å². The Morgan fingerprint density at radius 1 is 0.875 bits per heavy atom. The normalized spacial score (nSPS) is 11.8. The summed E-state index contributed by atoms with van der Waals surface area (Å²) in [7, 11) is 0. The first-order valence-corrected chi connectivity index (χ1v) is 10.4. The molecule has 5 nitrogen and oxygen atoms in total. The van der Waals surface area contributed by atoms with Gasteiger partial charge in [-0.05, 0) is 61.2 Å². The van der Waals surface area contributed by atoms with E-state index in [1.807, 2.05) is 50.2 Å². The maximum Gasteiger partial charge on any atom is 0.336 e. The van der Waals surface area contributed by atoms with Gasteiger partial charge in [0.15, 0.2) is 5.78 Å². The number of Topliss-reactive ketones (excluding diaryl/α,β-unsaturated/α-hetero) is 1. The Hall–Kier alpha value is -3.99. The lowest BCUT2D eigenvalue weighted by Crippen LogP contribution is -2.32. The number of hydrogen-bond donors (Lipinski definition) is 1. The van der Waals surface area contributed by atoms with E-state index in [-0.39, 0.29) is 12.2 Å². The highest BCUT2D eigenvalue weighted by molar-refractivity contribution is 6.14. The van der Waals surface area contributed by atoms with Crippen LogP contribution in [0, 0.1) is 19.8 Å². The van der Waals surface area contributed by atoms with Crippen LogP contribution in [-0.4, -0.2) is 11.7 Å². The predicted molar refractivity (Wildman–Crippen MR) is 125 cm³/mol. The number of aryl methyl sites for hydroxylation is 2. The lowest BCUT2D eigenvalue weighted by Gasteiger charge is -2.17. The van der Waals surface area contributed by atoms with E-state index in [2.05, 4.69) is 5.32 Å². The van der Waals surface area contributed by atoms with Crippen molar-refractivity contribution in [2.75, 3.05) is 5.32 Å². The average Bonchev–Trinajstić information content (AvgIpc) is 2.79. The van der Waals surface area contributed by atoms with Crippen LogP contribution in [0.15, 0.2) is 88.1 Å². The minimum absolute atomic E-state index is 0.0804. The molecule has 160 valence electrons. The Kier molecular flexibility index (Phi) is 5.99. The molecule has 1 amide bonds. The fraction of sp³-hybridized carbons (Fsp3) is 0.148. The van der Waals surface area contributed by atoms with Crippen molar-refractivity contribution < 1.29 is 14.0 Å². The van der Waals surface area contributed by atoms with Crippen LogP contribution >= 0.6 is 0 Å². The Morgan fingerprint density at radius 3 is 2.19 bits per heavy atom. The molecule has 0 aliphatic heterocycles. The highest BCUT2D eigenvalue weighted by atomic mass is 16.4. The third-order valence-electron chi connectivity index (χ3n) is 5.60. The maximum absolute atomic E-state index is 13.4. The first-order valence-electron chi connectivity index (χ1n) is 10.4. The number of anilines is 1.